The number of nitrogens with one attached hydrogen (secondary N) is 2. The van der Waals surface area contributed by atoms with Gasteiger partial charge in [0.2, 0.25) is 11.8 Å². The Kier molecular flexibility index (Phi) is 11.1. The molecule has 1 heterocycles. The average molecular weight is 500 g/mol. The molecule has 0 spiro atoms. The Morgan fingerprint density at radius 3 is 2.25 bits per heavy atom. The van der Waals surface area contributed by atoms with E-state index in [1.807, 2.05) is 0 Å². The number of aryl methyl sites for hydroxylation is 1. The molecule has 1 fully saturated rings. The third-order valence-electron chi connectivity index (χ3n) is 4.82. The fraction of sp³-hybridized carbons (Fsp3) is 0.571. The van der Waals surface area contributed by atoms with Crippen LogP contribution in [0.2, 0.25) is 0 Å². The van der Waals surface area contributed by atoms with Gasteiger partial charge in [0.1, 0.15) is 0 Å². The number of hydrogen-bond acceptors (Lipinski definition) is 3. The third kappa shape index (κ3) is 7.77. The van der Waals surface area contributed by atoms with E-state index < -0.39 is 0 Å². The highest BCUT2D eigenvalue weighted by Crippen LogP contribution is 2.15. The van der Waals surface area contributed by atoms with Crippen molar-refractivity contribution in [1.29, 1.82) is 0 Å². The van der Waals surface area contributed by atoms with Gasteiger partial charge in [-0.3, -0.25) is 19.5 Å². The molecule has 0 unspecified atom stereocenters. The van der Waals surface area contributed by atoms with E-state index in [1.165, 1.54) is 16.0 Å². The number of likely N-dealkylation sites (tertiary alicyclic amines) is 1. The predicted octanol–water partition coefficient (Wildman–Crippen LogP) is 3.06. The molecule has 2 rings (SSSR count). The molecule has 28 heavy (non-hydrogen) atoms. The van der Waals surface area contributed by atoms with Gasteiger partial charge < -0.3 is 10.6 Å². The fourth-order valence-electron chi connectivity index (χ4n) is 3.12. The van der Waals surface area contributed by atoms with Crippen LogP contribution >= 0.6 is 24.0 Å². The Balaban J connectivity index is 0.00000392. The molecule has 0 bridgehead atoms. The molecule has 2 N–H and O–H groups in total. The molecule has 1 saturated heterocycles. The van der Waals surface area contributed by atoms with E-state index in [0.717, 1.165) is 19.4 Å². The van der Waals surface area contributed by atoms with Crippen LogP contribution in [0.3, 0.4) is 0 Å². The van der Waals surface area contributed by atoms with Crippen molar-refractivity contribution in [2.24, 2.45) is 4.99 Å². The van der Waals surface area contributed by atoms with Gasteiger partial charge in [0.25, 0.3) is 0 Å². The first-order valence-electron chi connectivity index (χ1n) is 9.88. The number of nitrogens with zero attached hydrogens (tertiary/aromatic N) is 2. The van der Waals surface area contributed by atoms with Crippen LogP contribution in [0.4, 0.5) is 0 Å². The number of imide groups is 1. The summed E-state index contributed by atoms with van der Waals surface area (Å²) in [6, 6.07) is 8.82. The lowest BCUT2D eigenvalue weighted by atomic mass is 10.0. The number of halogens is 1. The average Bonchev–Trinajstić information content (AvgIpc) is 2.66. The Labute approximate surface area is 185 Å². The maximum absolute atomic E-state index is 11.8. The van der Waals surface area contributed by atoms with Crippen LogP contribution in [0.1, 0.15) is 56.6 Å². The maximum atomic E-state index is 11.8. The Hall–Kier alpha value is -1.64. The smallest absolute Gasteiger partial charge is 0.229 e. The van der Waals surface area contributed by atoms with Crippen molar-refractivity contribution in [3.63, 3.8) is 0 Å². The topological polar surface area (TPSA) is 73.8 Å². The number of carbonyl (C=O) groups is 2. The van der Waals surface area contributed by atoms with Crippen molar-refractivity contribution in [2.45, 2.75) is 51.9 Å². The molecule has 0 atom stereocenters. The number of piperidine rings is 1. The Bertz CT molecular complexity index is 643. The standard InChI is InChI=1S/C21H32N4O2.HI/c1-16(2)18-11-9-17(10-12-18)6-5-13-23-21(22-3)24-14-15-25-19(26)7-4-8-20(25)27;/h9-12,16H,4-8,13-15H2,1-3H3,(H2,22,23,24);1H. The number of rotatable bonds is 8. The van der Waals surface area contributed by atoms with Gasteiger partial charge in [-0.2, -0.15) is 0 Å². The molecular weight excluding hydrogens is 467 g/mol. The van der Waals surface area contributed by atoms with Crippen molar-refractivity contribution >= 4 is 41.8 Å². The lowest BCUT2D eigenvalue weighted by molar-refractivity contribution is -0.147. The van der Waals surface area contributed by atoms with Crippen molar-refractivity contribution in [3.8, 4) is 0 Å². The molecule has 6 nitrogen and oxygen atoms in total. The fourth-order valence-corrected chi connectivity index (χ4v) is 3.12. The highest BCUT2D eigenvalue weighted by Gasteiger charge is 2.25. The lowest BCUT2D eigenvalue weighted by Gasteiger charge is -2.25. The van der Waals surface area contributed by atoms with Crippen molar-refractivity contribution in [1.82, 2.24) is 15.5 Å². The van der Waals surface area contributed by atoms with Gasteiger partial charge in [-0.05, 0) is 36.3 Å². The van der Waals surface area contributed by atoms with Crippen LogP contribution in [0, 0.1) is 0 Å². The van der Waals surface area contributed by atoms with E-state index in [9.17, 15) is 9.59 Å². The summed E-state index contributed by atoms with van der Waals surface area (Å²) in [6.45, 7) is 6.12. The van der Waals surface area contributed by atoms with Crippen molar-refractivity contribution in [3.05, 3.63) is 35.4 Å². The van der Waals surface area contributed by atoms with E-state index in [4.69, 9.17) is 0 Å². The molecular formula is C21H33IN4O2. The second-order valence-corrected chi connectivity index (χ2v) is 7.22. The number of hydrogen-bond donors (Lipinski definition) is 2. The summed E-state index contributed by atoms with van der Waals surface area (Å²) < 4.78 is 0. The molecule has 0 aliphatic carbocycles. The number of guanidine groups is 1. The molecule has 1 aromatic rings. The van der Waals surface area contributed by atoms with Crippen molar-refractivity contribution < 1.29 is 9.59 Å². The van der Waals surface area contributed by atoms with Crippen LogP contribution in [0.5, 0.6) is 0 Å². The Morgan fingerprint density at radius 1 is 1.07 bits per heavy atom. The minimum atomic E-state index is -0.0699. The van der Waals surface area contributed by atoms with Gasteiger partial charge in [0.15, 0.2) is 5.96 Å². The largest absolute Gasteiger partial charge is 0.356 e. The van der Waals surface area contributed by atoms with E-state index >= 15 is 0 Å². The monoisotopic (exact) mass is 500 g/mol. The quantitative estimate of drug-likeness (QED) is 0.189. The maximum Gasteiger partial charge on any atom is 0.229 e. The second kappa shape index (κ2) is 12.7. The van der Waals surface area contributed by atoms with Gasteiger partial charge in [0.05, 0.1) is 0 Å². The summed E-state index contributed by atoms with van der Waals surface area (Å²) in [4.78, 5) is 29.1. The second-order valence-electron chi connectivity index (χ2n) is 7.22. The number of carbonyl (C=O) groups excluding carboxylic acids is 2. The third-order valence-corrected chi connectivity index (χ3v) is 4.82. The molecule has 1 aliphatic rings. The van der Waals surface area contributed by atoms with E-state index in [0.29, 0.717) is 44.2 Å². The molecule has 1 aliphatic heterocycles. The van der Waals surface area contributed by atoms with Crippen molar-refractivity contribution in [2.75, 3.05) is 26.7 Å². The predicted molar refractivity (Wildman–Crippen MR) is 124 cm³/mol. The van der Waals surface area contributed by atoms with Crippen LogP contribution in [-0.4, -0.2) is 49.4 Å². The van der Waals surface area contributed by atoms with Gasteiger partial charge in [0, 0.05) is 39.5 Å². The van der Waals surface area contributed by atoms with Crippen LogP contribution in [0.15, 0.2) is 29.3 Å². The first kappa shape index (κ1) is 24.4. The molecule has 1 aromatic carbocycles. The van der Waals surface area contributed by atoms with E-state index in [1.54, 1.807) is 7.05 Å². The normalized spacial score (nSPS) is 14.9. The summed E-state index contributed by atoms with van der Waals surface area (Å²) in [7, 11) is 1.72. The highest BCUT2D eigenvalue weighted by atomic mass is 127. The molecule has 0 radical (unpaired) electrons. The SMILES string of the molecule is CN=C(NCCCc1ccc(C(C)C)cc1)NCCN1C(=O)CCCC1=O.I. The van der Waals surface area contributed by atoms with Crippen LogP contribution in [0.25, 0.3) is 0 Å². The summed E-state index contributed by atoms with van der Waals surface area (Å²) in [5, 5.41) is 6.45. The summed E-state index contributed by atoms with van der Waals surface area (Å²) in [6.07, 6.45) is 3.63. The van der Waals surface area contributed by atoms with Gasteiger partial charge >= 0.3 is 0 Å². The first-order valence-corrected chi connectivity index (χ1v) is 9.88. The molecule has 0 saturated carbocycles. The van der Waals surface area contributed by atoms with E-state index in [2.05, 4.69) is 53.7 Å². The molecule has 0 aromatic heterocycles. The van der Waals surface area contributed by atoms with Crippen LogP contribution in [-0.2, 0) is 16.0 Å². The Morgan fingerprint density at radius 2 is 1.68 bits per heavy atom. The zero-order valence-electron chi connectivity index (χ0n) is 17.2. The van der Waals surface area contributed by atoms with Crippen LogP contribution < -0.4 is 10.6 Å². The summed E-state index contributed by atoms with van der Waals surface area (Å²) >= 11 is 0. The first-order chi connectivity index (χ1) is 13.0. The lowest BCUT2D eigenvalue weighted by Crippen LogP contribution is -2.46. The summed E-state index contributed by atoms with van der Waals surface area (Å²) in [5.74, 6) is 1.12. The van der Waals surface area contributed by atoms with Gasteiger partial charge in [-0.25, -0.2) is 0 Å². The highest BCUT2D eigenvalue weighted by molar-refractivity contribution is 14.0. The minimum absolute atomic E-state index is 0. The van der Waals surface area contributed by atoms with E-state index in [-0.39, 0.29) is 35.8 Å². The summed E-state index contributed by atoms with van der Waals surface area (Å²) in [5.41, 5.74) is 2.71. The zero-order chi connectivity index (χ0) is 19.6. The minimum Gasteiger partial charge on any atom is -0.356 e. The van der Waals surface area contributed by atoms with Gasteiger partial charge in [-0.1, -0.05) is 38.1 Å². The number of benzene rings is 1. The molecule has 2 amide bonds. The molecule has 7 heteroatoms. The number of amides is 2. The van der Waals surface area contributed by atoms with Gasteiger partial charge in [-0.15, -0.1) is 24.0 Å². The zero-order valence-corrected chi connectivity index (χ0v) is 19.5. The number of aliphatic imine (C=N–C) groups is 1. The molecule has 156 valence electrons.